The van der Waals surface area contributed by atoms with Crippen molar-refractivity contribution in [1.29, 1.82) is 0 Å². The SMILES string of the molecule is COCc1cc(OCCCCCCc2cccc(OCCCC(=O)O)c2CCC(=O)O)cc(-c2ccc(SC)cc2)c1.O.O. The van der Waals surface area contributed by atoms with Gasteiger partial charge in [0.25, 0.3) is 0 Å². The van der Waals surface area contributed by atoms with Gasteiger partial charge in [0.15, 0.2) is 0 Å². The summed E-state index contributed by atoms with van der Waals surface area (Å²) in [5.41, 5.74) is 5.34. The minimum atomic E-state index is -0.856. The molecule has 0 unspecified atom stereocenters. The molecule has 0 aliphatic carbocycles. The second-order valence-corrected chi connectivity index (χ2v) is 11.1. The summed E-state index contributed by atoms with van der Waals surface area (Å²) >= 11 is 1.73. The Balaban J connectivity index is 0.00000484. The Labute approximate surface area is 264 Å². The molecule has 0 amide bonds. The van der Waals surface area contributed by atoms with Crippen LogP contribution >= 0.6 is 11.8 Å². The molecule has 0 aliphatic rings. The lowest BCUT2D eigenvalue weighted by molar-refractivity contribution is -0.138. The van der Waals surface area contributed by atoms with Crippen molar-refractivity contribution in [2.45, 2.75) is 69.3 Å². The fourth-order valence-corrected chi connectivity index (χ4v) is 5.22. The first-order valence-electron chi connectivity index (χ1n) is 14.5. The van der Waals surface area contributed by atoms with Crippen LogP contribution in [0.2, 0.25) is 0 Å². The first-order valence-corrected chi connectivity index (χ1v) is 15.7. The summed E-state index contributed by atoms with van der Waals surface area (Å²) in [5, 5.41) is 18.1. The van der Waals surface area contributed by atoms with Crippen molar-refractivity contribution in [1.82, 2.24) is 0 Å². The van der Waals surface area contributed by atoms with Crippen LogP contribution in [-0.4, -0.2) is 59.7 Å². The largest absolute Gasteiger partial charge is 0.494 e. The van der Waals surface area contributed by atoms with E-state index in [0.29, 0.717) is 31.8 Å². The molecule has 0 aromatic heterocycles. The van der Waals surface area contributed by atoms with Gasteiger partial charge in [0, 0.05) is 24.8 Å². The van der Waals surface area contributed by atoms with E-state index < -0.39 is 11.9 Å². The van der Waals surface area contributed by atoms with Crippen LogP contribution in [0.25, 0.3) is 11.1 Å². The zero-order chi connectivity index (χ0) is 30.2. The van der Waals surface area contributed by atoms with Crippen molar-refractivity contribution in [3.8, 4) is 22.6 Å². The molecule has 0 atom stereocenters. The molecular formula is C34H46O9S. The van der Waals surface area contributed by atoms with Gasteiger partial charge in [-0.15, -0.1) is 11.8 Å². The van der Waals surface area contributed by atoms with E-state index in [2.05, 4.69) is 42.7 Å². The number of unbranched alkanes of at least 4 members (excludes halogenated alkanes) is 3. The number of aryl methyl sites for hydroxylation is 1. The Hall–Kier alpha value is -3.57. The monoisotopic (exact) mass is 630 g/mol. The normalized spacial score (nSPS) is 10.4. The predicted molar refractivity (Wildman–Crippen MR) is 174 cm³/mol. The summed E-state index contributed by atoms with van der Waals surface area (Å²) in [4.78, 5) is 23.2. The van der Waals surface area contributed by atoms with Gasteiger partial charge >= 0.3 is 11.9 Å². The highest BCUT2D eigenvalue weighted by Crippen LogP contribution is 2.29. The molecule has 0 spiro atoms. The molecule has 0 bridgehead atoms. The molecule has 3 rings (SSSR count). The van der Waals surface area contributed by atoms with E-state index in [1.165, 1.54) is 4.90 Å². The Morgan fingerprint density at radius 2 is 1.45 bits per heavy atom. The van der Waals surface area contributed by atoms with Gasteiger partial charge in [0.2, 0.25) is 0 Å². The summed E-state index contributed by atoms with van der Waals surface area (Å²) in [5.74, 6) is -0.209. The van der Waals surface area contributed by atoms with Crippen LogP contribution in [-0.2, 0) is 33.8 Å². The van der Waals surface area contributed by atoms with Crippen molar-refractivity contribution < 1.29 is 45.0 Å². The lowest BCUT2D eigenvalue weighted by Crippen LogP contribution is -2.07. The standard InChI is InChI=1S/C34H42O7S.2H2O/c1-39-24-25-21-28(26-13-15-30(42-2)16-14-26)23-29(22-25)40-19-6-4-3-5-9-27-10-7-11-32(31(27)17-18-34(37)38)41-20-8-12-33(35)36;;/h7,10-11,13-16,21-23H,3-6,8-9,12,17-20,24H2,1-2H3,(H,35,36)(H,37,38);2*1H2. The number of hydrogen-bond acceptors (Lipinski definition) is 6. The number of carboxylic acids is 2. The molecule has 9 nitrogen and oxygen atoms in total. The maximum absolute atomic E-state index is 11.2. The van der Waals surface area contributed by atoms with E-state index in [1.54, 1.807) is 18.9 Å². The second kappa shape index (κ2) is 21.2. The highest BCUT2D eigenvalue weighted by Gasteiger charge is 2.12. The fourth-order valence-electron chi connectivity index (χ4n) is 4.81. The van der Waals surface area contributed by atoms with Gasteiger partial charge in [0.1, 0.15) is 11.5 Å². The lowest BCUT2D eigenvalue weighted by Gasteiger charge is -2.15. The number of carboxylic acid groups (broad SMARTS) is 2. The minimum Gasteiger partial charge on any atom is -0.494 e. The van der Waals surface area contributed by atoms with Crippen LogP contribution < -0.4 is 9.47 Å². The maximum atomic E-state index is 11.2. The third kappa shape index (κ3) is 13.4. The molecule has 10 heteroatoms. The zero-order valence-corrected chi connectivity index (χ0v) is 26.4. The number of hydrogen-bond donors (Lipinski definition) is 2. The number of aliphatic carboxylic acids is 2. The van der Waals surface area contributed by atoms with Gasteiger partial charge in [-0.05, 0) is 103 Å². The van der Waals surface area contributed by atoms with Crippen molar-refractivity contribution in [3.63, 3.8) is 0 Å². The van der Waals surface area contributed by atoms with Crippen LogP contribution in [0.3, 0.4) is 0 Å². The number of carbonyl (C=O) groups is 2. The first kappa shape index (κ1) is 38.5. The molecule has 44 heavy (non-hydrogen) atoms. The van der Waals surface area contributed by atoms with E-state index in [-0.39, 0.29) is 30.4 Å². The summed E-state index contributed by atoms with van der Waals surface area (Å²) in [7, 11) is 1.70. The molecule has 242 valence electrons. The molecule has 0 heterocycles. The Morgan fingerprint density at radius 3 is 2.14 bits per heavy atom. The van der Waals surface area contributed by atoms with Crippen LogP contribution in [0.1, 0.15) is 61.6 Å². The molecule has 3 aromatic carbocycles. The highest BCUT2D eigenvalue weighted by atomic mass is 32.2. The van der Waals surface area contributed by atoms with Crippen molar-refractivity contribution >= 4 is 23.7 Å². The zero-order valence-electron chi connectivity index (χ0n) is 25.6. The van der Waals surface area contributed by atoms with Gasteiger partial charge in [-0.2, -0.15) is 0 Å². The molecule has 6 N–H and O–H groups in total. The van der Waals surface area contributed by atoms with Crippen molar-refractivity contribution in [2.24, 2.45) is 0 Å². The van der Waals surface area contributed by atoms with Crippen LogP contribution in [0, 0.1) is 0 Å². The Kier molecular flexibility index (Phi) is 18.5. The molecule has 3 aromatic rings. The van der Waals surface area contributed by atoms with E-state index in [9.17, 15) is 14.7 Å². The Morgan fingerprint density at radius 1 is 0.750 bits per heavy atom. The number of methoxy groups -OCH3 is 1. The highest BCUT2D eigenvalue weighted by molar-refractivity contribution is 7.98. The molecule has 0 radical (unpaired) electrons. The maximum Gasteiger partial charge on any atom is 0.303 e. The van der Waals surface area contributed by atoms with E-state index in [1.807, 2.05) is 24.3 Å². The molecule has 0 saturated carbocycles. The topological polar surface area (TPSA) is 165 Å². The van der Waals surface area contributed by atoms with Crippen LogP contribution in [0.5, 0.6) is 11.5 Å². The van der Waals surface area contributed by atoms with Gasteiger partial charge in [-0.25, -0.2) is 0 Å². The number of thioether (sulfide) groups is 1. The number of rotatable bonds is 20. The van der Waals surface area contributed by atoms with Crippen LogP contribution in [0.15, 0.2) is 65.6 Å². The molecule has 0 fully saturated rings. The summed E-state index contributed by atoms with van der Waals surface area (Å²) in [6, 6.07) is 20.6. The minimum absolute atomic E-state index is 0. The average molecular weight is 631 g/mol. The average Bonchev–Trinajstić information content (AvgIpc) is 2.98. The second-order valence-electron chi connectivity index (χ2n) is 10.2. The molecular weight excluding hydrogens is 584 g/mol. The molecule has 0 saturated heterocycles. The summed E-state index contributed by atoms with van der Waals surface area (Å²) in [6.45, 7) is 1.44. The first-order chi connectivity index (χ1) is 20.4. The summed E-state index contributed by atoms with van der Waals surface area (Å²) < 4.78 is 17.4. The lowest BCUT2D eigenvalue weighted by atomic mass is 9.97. The quantitative estimate of drug-likeness (QED) is 0.113. The van der Waals surface area contributed by atoms with E-state index >= 15 is 0 Å². The van der Waals surface area contributed by atoms with Gasteiger partial charge in [0.05, 0.1) is 19.8 Å². The van der Waals surface area contributed by atoms with Gasteiger partial charge in [-0.1, -0.05) is 37.1 Å². The Bertz CT molecular complexity index is 1280. The predicted octanol–water partition coefficient (Wildman–Crippen LogP) is 6.02. The van der Waals surface area contributed by atoms with E-state index in [4.69, 9.17) is 19.3 Å². The summed E-state index contributed by atoms with van der Waals surface area (Å²) in [6.07, 6.45) is 7.73. The fraction of sp³-hybridized carbons (Fsp3) is 0.412. The third-order valence-electron chi connectivity index (χ3n) is 6.92. The number of benzene rings is 3. The van der Waals surface area contributed by atoms with E-state index in [0.717, 1.165) is 65.7 Å². The van der Waals surface area contributed by atoms with Crippen molar-refractivity contribution in [3.05, 3.63) is 77.4 Å². The molecule has 0 aliphatic heterocycles. The van der Waals surface area contributed by atoms with Gasteiger partial charge in [-0.3, -0.25) is 9.59 Å². The third-order valence-corrected chi connectivity index (χ3v) is 7.66. The van der Waals surface area contributed by atoms with Crippen molar-refractivity contribution in [2.75, 3.05) is 26.6 Å². The van der Waals surface area contributed by atoms with Gasteiger partial charge < -0.3 is 35.4 Å². The number of ether oxygens (including phenoxy) is 3. The van der Waals surface area contributed by atoms with Crippen LogP contribution in [0.4, 0.5) is 0 Å². The smallest absolute Gasteiger partial charge is 0.303 e.